The number of rotatable bonds is 3. The topological polar surface area (TPSA) is 86.6 Å². The van der Waals surface area contributed by atoms with Crippen LogP contribution in [0.2, 0.25) is 0 Å². The molecule has 3 aliphatic heterocycles. The van der Waals surface area contributed by atoms with Crippen molar-refractivity contribution in [2.45, 2.75) is 47.7 Å². The van der Waals surface area contributed by atoms with Gasteiger partial charge in [0.25, 0.3) is 0 Å². The van der Waals surface area contributed by atoms with Gasteiger partial charge in [0, 0.05) is 11.1 Å². The van der Waals surface area contributed by atoms with E-state index in [1.807, 2.05) is 65.8 Å². The van der Waals surface area contributed by atoms with E-state index in [1.165, 1.54) is 4.90 Å². The van der Waals surface area contributed by atoms with E-state index in [9.17, 15) is 13.2 Å². The normalized spacial score (nSPS) is 16.7. The zero-order chi connectivity index (χ0) is 26.6. The fraction of sp³-hybridized carbons (Fsp3) is 0.308. The Bertz CT molecular complexity index is 1420. The molecule has 37 heavy (non-hydrogen) atoms. The van der Waals surface area contributed by atoms with Crippen LogP contribution in [0.4, 0.5) is 13.2 Å². The summed E-state index contributed by atoms with van der Waals surface area (Å²) in [5.41, 5.74) is 7.57. The summed E-state index contributed by atoms with van der Waals surface area (Å²) in [6.45, 7) is 10.3. The van der Waals surface area contributed by atoms with Crippen molar-refractivity contribution in [3.8, 4) is 0 Å². The molecule has 0 saturated carbocycles. The van der Waals surface area contributed by atoms with Gasteiger partial charge >= 0.3 is 12.2 Å². The predicted octanol–water partition coefficient (Wildman–Crippen LogP) is 5.08. The van der Waals surface area contributed by atoms with Gasteiger partial charge in [0.1, 0.15) is 0 Å². The molecule has 0 saturated heterocycles. The van der Waals surface area contributed by atoms with Gasteiger partial charge in [0.05, 0.1) is 0 Å². The summed E-state index contributed by atoms with van der Waals surface area (Å²) in [5, 5.41) is 0. The van der Waals surface area contributed by atoms with Crippen LogP contribution in [0.15, 0.2) is 54.2 Å². The first-order valence-corrected chi connectivity index (χ1v) is 11.6. The molecular formula is C26H24F3N7O. The molecular weight excluding hydrogens is 483 g/mol. The number of halogens is 3. The van der Waals surface area contributed by atoms with Crippen LogP contribution >= 0.6 is 0 Å². The van der Waals surface area contributed by atoms with Crippen LogP contribution < -0.4 is 0 Å². The van der Waals surface area contributed by atoms with Crippen molar-refractivity contribution in [3.05, 3.63) is 68.8 Å². The van der Waals surface area contributed by atoms with Crippen LogP contribution in [-0.4, -0.2) is 53.3 Å². The van der Waals surface area contributed by atoms with E-state index >= 15 is 0 Å². The second kappa shape index (κ2) is 8.75. The van der Waals surface area contributed by atoms with Gasteiger partial charge in [-0.2, -0.15) is 43.1 Å². The van der Waals surface area contributed by atoms with Crippen molar-refractivity contribution in [1.29, 1.82) is 0 Å². The summed E-state index contributed by atoms with van der Waals surface area (Å²) in [4.78, 5) is 28.3. The molecule has 0 fully saturated rings. The number of hydrogen-bond donors (Lipinski definition) is 0. The molecule has 0 N–H and O–H groups in total. The first-order chi connectivity index (χ1) is 17.4. The maximum atomic E-state index is 12.9. The molecule has 8 nitrogen and oxygen atoms in total. The van der Waals surface area contributed by atoms with Crippen molar-refractivity contribution >= 4 is 35.6 Å². The zero-order valence-corrected chi connectivity index (χ0v) is 21.2. The highest BCUT2D eigenvalue weighted by Crippen LogP contribution is 2.27. The summed E-state index contributed by atoms with van der Waals surface area (Å²) < 4.78 is 43.5. The number of amidine groups is 3. The van der Waals surface area contributed by atoms with Crippen LogP contribution in [0.3, 0.4) is 0 Å². The Morgan fingerprint density at radius 2 is 1.03 bits per heavy atom. The first-order valence-electron chi connectivity index (χ1n) is 11.6. The number of alkyl halides is 3. The van der Waals surface area contributed by atoms with Crippen LogP contribution in [0.25, 0.3) is 0 Å². The SMILES string of the molecule is Cc1cc(C)c(C2=NC3=NC(OCC(F)(F)F)=NC4=NC(c5c(C)cc(C)cc5C)=NC(=N2)N34)c(C)c1. The maximum absolute atomic E-state index is 12.9. The third-order valence-corrected chi connectivity index (χ3v) is 5.98. The molecule has 190 valence electrons. The molecule has 3 heterocycles. The average molecular weight is 508 g/mol. The van der Waals surface area contributed by atoms with Crippen LogP contribution in [-0.2, 0) is 4.74 Å². The molecule has 2 aromatic carbocycles. The minimum Gasteiger partial charge on any atom is -0.454 e. The molecule has 11 heteroatoms. The molecule has 5 rings (SSSR count). The van der Waals surface area contributed by atoms with Gasteiger partial charge in [-0.25, -0.2) is 4.90 Å². The smallest absolute Gasteiger partial charge is 0.422 e. The number of aliphatic imine (C=N–C) groups is 6. The number of hydrogen-bond acceptors (Lipinski definition) is 8. The lowest BCUT2D eigenvalue weighted by molar-refractivity contribution is -0.156. The highest BCUT2D eigenvalue weighted by atomic mass is 19.4. The Labute approximate surface area is 211 Å². The minimum absolute atomic E-state index is 0.0328. The Balaban J connectivity index is 1.70. The van der Waals surface area contributed by atoms with Gasteiger partial charge in [-0.15, -0.1) is 0 Å². The van der Waals surface area contributed by atoms with Crippen LogP contribution in [0.5, 0.6) is 0 Å². The fourth-order valence-corrected chi connectivity index (χ4v) is 4.77. The van der Waals surface area contributed by atoms with E-state index in [-0.39, 0.29) is 17.9 Å². The van der Waals surface area contributed by atoms with Crippen molar-refractivity contribution in [2.75, 3.05) is 6.61 Å². The number of nitrogens with zero attached hydrogens (tertiary/aromatic N) is 7. The second-order valence-electron chi connectivity index (χ2n) is 9.29. The van der Waals surface area contributed by atoms with Crippen molar-refractivity contribution < 1.29 is 17.9 Å². The lowest BCUT2D eigenvalue weighted by Crippen LogP contribution is -2.48. The summed E-state index contributed by atoms with van der Waals surface area (Å²) in [7, 11) is 0. The molecule has 0 unspecified atom stereocenters. The first kappa shape index (κ1) is 24.5. The lowest BCUT2D eigenvalue weighted by atomic mass is 9.98. The van der Waals surface area contributed by atoms with Crippen molar-refractivity contribution in [2.24, 2.45) is 30.0 Å². The third kappa shape index (κ3) is 4.68. The fourth-order valence-electron chi connectivity index (χ4n) is 4.77. The van der Waals surface area contributed by atoms with Crippen molar-refractivity contribution in [3.63, 3.8) is 0 Å². The molecule has 3 aliphatic rings. The Morgan fingerprint density at radius 3 is 1.46 bits per heavy atom. The van der Waals surface area contributed by atoms with E-state index < -0.39 is 18.8 Å². The Hall–Kier alpha value is -4.15. The highest BCUT2D eigenvalue weighted by Gasteiger charge is 2.38. The van der Waals surface area contributed by atoms with E-state index in [1.54, 1.807) is 0 Å². The van der Waals surface area contributed by atoms with E-state index in [0.29, 0.717) is 11.7 Å². The molecule has 0 spiro atoms. The van der Waals surface area contributed by atoms with Gasteiger partial charge in [-0.3, -0.25) is 0 Å². The maximum Gasteiger partial charge on any atom is 0.422 e. The third-order valence-electron chi connectivity index (χ3n) is 5.98. The molecule has 0 radical (unpaired) electrons. The largest absolute Gasteiger partial charge is 0.454 e. The van der Waals surface area contributed by atoms with Crippen LogP contribution in [0, 0.1) is 41.5 Å². The molecule has 0 atom stereocenters. The monoisotopic (exact) mass is 507 g/mol. The quantitative estimate of drug-likeness (QED) is 0.581. The number of guanidine groups is 3. The summed E-state index contributed by atoms with van der Waals surface area (Å²) >= 11 is 0. The van der Waals surface area contributed by atoms with Crippen LogP contribution in [0.1, 0.15) is 44.5 Å². The lowest BCUT2D eigenvalue weighted by Gasteiger charge is -2.31. The van der Waals surface area contributed by atoms with Gasteiger partial charge in [0.15, 0.2) is 18.3 Å². The van der Waals surface area contributed by atoms with Crippen molar-refractivity contribution in [1.82, 2.24) is 4.90 Å². The predicted molar refractivity (Wildman–Crippen MR) is 138 cm³/mol. The number of benzene rings is 2. The summed E-state index contributed by atoms with van der Waals surface area (Å²) in [6.07, 6.45) is -4.55. The Morgan fingerprint density at radius 1 is 0.622 bits per heavy atom. The van der Waals surface area contributed by atoms with E-state index in [2.05, 4.69) is 20.0 Å². The summed E-state index contributed by atoms with van der Waals surface area (Å²) in [5.74, 6) is 0.981. The molecule has 0 aliphatic carbocycles. The average Bonchev–Trinajstić information content (AvgIpc) is 2.75. The molecule has 0 bridgehead atoms. The number of aryl methyl sites for hydroxylation is 6. The van der Waals surface area contributed by atoms with E-state index in [4.69, 9.17) is 14.7 Å². The Kier molecular flexibility index (Phi) is 5.81. The molecule has 0 amide bonds. The standard InChI is InChI=1S/C26H24F3N7O/c1-12-7-14(3)18(15(4)8-12)20-30-22-31-21(19-16(5)9-13(2)10-17(19)6)33-24-35-25(37-11-26(27,28)29)34-23(32-20)36(22)24/h7-10H,11H2,1-6H3. The summed E-state index contributed by atoms with van der Waals surface area (Å²) in [6, 6.07) is 7.58. The van der Waals surface area contributed by atoms with E-state index in [0.717, 1.165) is 44.5 Å². The van der Waals surface area contributed by atoms with Gasteiger partial charge < -0.3 is 4.74 Å². The second-order valence-corrected chi connectivity index (χ2v) is 9.29. The molecule has 0 aromatic heterocycles. The molecule has 2 aromatic rings. The number of ether oxygens (including phenoxy) is 1. The van der Waals surface area contributed by atoms with Gasteiger partial charge in [0.2, 0.25) is 17.9 Å². The van der Waals surface area contributed by atoms with Gasteiger partial charge in [-0.05, 0) is 63.8 Å². The van der Waals surface area contributed by atoms with Gasteiger partial charge in [-0.1, -0.05) is 35.4 Å². The highest BCUT2D eigenvalue weighted by molar-refractivity contribution is 6.33. The minimum atomic E-state index is -4.55. The zero-order valence-electron chi connectivity index (χ0n) is 21.2.